The molecule has 0 aliphatic carbocycles. The molecule has 0 N–H and O–H groups in total. The van der Waals surface area contributed by atoms with Gasteiger partial charge >= 0.3 is 0 Å². The van der Waals surface area contributed by atoms with Crippen LogP contribution in [0.5, 0.6) is 11.5 Å². The molecule has 9 aromatic rings. The van der Waals surface area contributed by atoms with Crippen LogP contribution in [0.3, 0.4) is 0 Å². The van der Waals surface area contributed by atoms with Gasteiger partial charge in [-0.15, -0.1) is 0 Å². The molecular formula is C50H33NO. The Morgan fingerprint density at radius 2 is 0.808 bits per heavy atom. The van der Waals surface area contributed by atoms with E-state index >= 15 is 0 Å². The molecule has 0 radical (unpaired) electrons. The van der Waals surface area contributed by atoms with E-state index < -0.39 is 0 Å². The number of ether oxygens (including phenoxy) is 1. The van der Waals surface area contributed by atoms with Crippen molar-refractivity contribution in [3.05, 3.63) is 200 Å². The van der Waals surface area contributed by atoms with Crippen molar-refractivity contribution in [2.75, 3.05) is 4.90 Å². The fourth-order valence-corrected chi connectivity index (χ4v) is 7.65. The van der Waals surface area contributed by atoms with Crippen molar-refractivity contribution in [2.45, 2.75) is 0 Å². The fraction of sp³-hybridized carbons (Fsp3) is 0. The largest absolute Gasteiger partial charge is 0.455 e. The molecule has 52 heavy (non-hydrogen) atoms. The van der Waals surface area contributed by atoms with Crippen LogP contribution in [-0.4, -0.2) is 0 Å². The Bertz CT molecular complexity index is 2750. The first-order valence-electron chi connectivity index (χ1n) is 17.8. The molecule has 0 fully saturated rings. The SMILES string of the molecule is c1ccc(-c2ccc(N(c3ccc4c(c3)-c3cc5ccccc5cc3-c3cccc(-c5ccccc5)c3O4)c3ccc4ccccc4c3)cc2)cc1. The lowest BCUT2D eigenvalue weighted by Crippen LogP contribution is -2.10. The quantitative estimate of drug-likeness (QED) is 0.182. The zero-order valence-corrected chi connectivity index (χ0v) is 28.4. The summed E-state index contributed by atoms with van der Waals surface area (Å²) in [6.07, 6.45) is 0. The summed E-state index contributed by atoms with van der Waals surface area (Å²) in [4.78, 5) is 2.36. The van der Waals surface area contributed by atoms with Crippen LogP contribution in [0.1, 0.15) is 0 Å². The third kappa shape index (κ3) is 5.21. The van der Waals surface area contributed by atoms with E-state index in [1.54, 1.807) is 0 Å². The average Bonchev–Trinajstić information content (AvgIpc) is 3.35. The lowest BCUT2D eigenvalue weighted by molar-refractivity contribution is 0.489. The first-order chi connectivity index (χ1) is 25.8. The molecule has 1 aliphatic rings. The smallest absolute Gasteiger partial charge is 0.143 e. The minimum Gasteiger partial charge on any atom is -0.455 e. The van der Waals surface area contributed by atoms with Gasteiger partial charge in [0.15, 0.2) is 0 Å². The van der Waals surface area contributed by atoms with Gasteiger partial charge in [-0.2, -0.15) is 0 Å². The summed E-state index contributed by atoms with van der Waals surface area (Å²) in [6, 6.07) is 71.6. The maximum absolute atomic E-state index is 7.05. The van der Waals surface area contributed by atoms with Crippen molar-refractivity contribution in [3.8, 4) is 56.0 Å². The molecule has 0 saturated heterocycles. The Balaban J connectivity index is 1.19. The standard InChI is InChI=1S/C50H33NO/c1-3-12-34(13-4-1)36-22-25-41(26-23-36)51(42-27-24-35-14-7-8-17-38(35)30-42)43-28-29-49-48(33-43)47-32-40-19-10-9-18-39(40)31-46(47)45-21-11-20-44(50(45)52-49)37-15-5-2-6-16-37/h1-33H. The molecule has 0 bridgehead atoms. The van der Waals surface area contributed by atoms with Crippen LogP contribution < -0.4 is 9.64 Å². The lowest BCUT2D eigenvalue weighted by Gasteiger charge is -2.27. The first kappa shape index (κ1) is 30.0. The van der Waals surface area contributed by atoms with Crippen molar-refractivity contribution in [3.63, 3.8) is 0 Å². The number of rotatable bonds is 5. The summed E-state index contributed by atoms with van der Waals surface area (Å²) in [5.74, 6) is 1.71. The zero-order valence-electron chi connectivity index (χ0n) is 28.4. The van der Waals surface area contributed by atoms with Crippen LogP contribution in [0.15, 0.2) is 200 Å². The molecule has 9 aromatic carbocycles. The topological polar surface area (TPSA) is 12.5 Å². The van der Waals surface area contributed by atoms with Gasteiger partial charge in [-0.3, -0.25) is 0 Å². The maximum Gasteiger partial charge on any atom is 0.143 e. The van der Waals surface area contributed by atoms with Gasteiger partial charge in [-0.1, -0.05) is 146 Å². The summed E-state index contributed by atoms with van der Waals surface area (Å²) < 4.78 is 7.05. The van der Waals surface area contributed by atoms with Gasteiger partial charge in [0, 0.05) is 33.8 Å². The summed E-state index contributed by atoms with van der Waals surface area (Å²) >= 11 is 0. The second kappa shape index (κ2) is 12.5. The molecule has 244 valence electrons. The number of anilines is 3. The number of hydrogen-bond acceptors (Lipinski definition) is 2. The molecule has 2 nitrogen and oxygen atoms in total. The van der Waals surface area contributed by atoms with E-state index in [0.717, 1.165) is 61.9 Å². The normalized spacial score (nSPS) is 11.6. The number of para-hydroxylation sites is 1. The highest BCUT2D eigenvalue weighted by atomic mass is 16.5. The van der Waals surface area contributed by atoms with E-state index in [2.05, 4.69) is 205 Å². The molecule has 0 aromatic heterocycles. The van der Waals surface area contributed by atoms with Crippen LogP contribution in [0, 0.1) is 0 Å². The number of benzene rings is 9. The van der Waals surface area contributed by atoms with Crippen LogP contribution in [-0.2, 0) is 0 Å². The van der Waals surface area contributed by atoms with Gasteiger partial charge < -0.3 is 9.64 Å². The molecule has 1 heterocycles. The van der Waals surface area contributed by atoms with E-state index in [1.807, 2.05) is 0 Å². The highest BCUT2D eigenvalue weighted by molar-refractivity contribution is 6.02. The predicted octanol–water partition coefficient (Wildman–Crippen LogP) is 14.2. The highest BCUT2D eigenvalue weighted by Gasteiger charge is 2.26. The summed E-state index contributed by atoms with van der Waals surface area (Å²) in [7, 11) is 0. The molecule has 10 rings (SSSR count). The van der Waals surface area contributed by atoms with Gasteiger partial charge in [0.2, 0.25) is 0 Å². The van der Waals surface area contributed by atoms with Crippen molar-refractivity contribution >= 4 is 38.6 Å². The second-order valence-corrected chi connectivity index (χ2v) is 13.4. The zero-order chi connectivity index (χ0) is 34.4. The van der Waals surface area contributed by atoms with E-state index in [4.69, 9.17) is 4.74 Å². The van der Waals surface area contributed by atoms with Gasteiger partial charge in [0.1, 0.15) is 11.5 Å². The van der Waals surface area contributed by atoms with Crippen LogP contribution >= 0.6 is 0 Å². The van der Waals surface area contributed by atoms with E-state index in [1.165, 1.54) is 32.7 Å². The lowest BCUT2D eigenvalue weighted by atomic mass is 9.90. The van der Waals surface area contributed by atoms with Crippen LogP contribution in [0.2, 0.25) is 0 Å². The molecule has 0 unspecified atom stereocenters. The molecule has 0 saturated carbocycles. The molecule has 0 amide bonds. The third-order valence-electron chi connectivity index (χ3n) is 10.2. The molecule has 0 spiro atoms. The number of fused-ring (bicyclic) bond motifs is 7. The van der Waals surface area contributed by atoms with Crippen molar-refractivity contribution in [1.29, 1.82) is 0 Å². The second-order valence-electron chi connectivity index (χ2n) is 13.4. The number of hydrogen-bond donors (Lipinski definition) is 0. The van der Waals surface area contributed by atoms with Crippen LogP contribution in [0.25, 0.3) is 66.1 Å². The Morgan fingerprint density at radius 3 is 1.52 bits per heavy atom. The maximum atomic E-state index is 7.05. The summed E-state index contributed by atoms with van der Waals surface area (Å²) in [5.41, 5.74) is 12.3. The van der Waals surface area contributed by atoms with E-state index in [9.17, 15) is 0 Å². The Kier molecular flexibility index (Phi) is 7.18. The summed E-state index contributed by atoms with van der Waals surface area (Å²) in [6.45, 7) is 0. The van der Waals surface area contributed by atoms with Gasteiger partial charge in [-0.05, 0) is 104 Å². The van der Waals surface area contributed by atoms with Crippen molar-refractivity contribution in [1.82, 2.24) is 0 Å². The van der Waals surface area contributed by atoms with E-state index in [-0.39, 0.29) is 0 Å². The number of nitrogens with zero attached hydrogens (tertiary/aromatic N) is 1. The molecule has 0 atom stereocenters. The van der Waals surface area contributed by atoms with Crippen molar-refractivity contribution in [2.24, 2.45) is 0 Å². The Labute approximate surface area is 303 Å². The fourth-order valence-electron chi connectivity index (χ4n) is 7.65. The first-order valence-corrected chi connectivity index (χ1v) is 17.8. The van der Waals surface area contributed by atoms with Gasteiger partial charge in [0.25, 0.3) is 0 Å². The molecule has 1 aliphatic heterocycles. The minimum absolute atomic E-state index is 0.834. The van der Waals surface area contributed by atoms with Gasteiger partial charge in [0.05, 0.1) is 0 Å². The molecular weight excluding hydrogens is 631 g/mol. The Hall–Kier alpha value is -6.90. The minimum atomic E-state index is 0.834. The Morgan fingerprint density at radius 1 is 0.288 bits per heavy atom. The van der Waals surface area contributed by atoms with Crippen molar-refractivity contribution < 1.29 is 4.74 Å². The average molecular weight is 664 g/mol. The predicted molar refractivity (Wildman–Crippen MR) is 218 cm³/mol. The third-order valence-corrected chi connectivity index (χ3v) is 10.2. The van der Waals surface area contributed by atoms with E-state index in [0.29, 0.717) is 0 Å². The molecule has 2 heteroatoms. The monoisotopic (exact) mass is 663 g/mol. The van der Waals surface area contributed by atoms with Gasteiger partial charge in [-0.25, -0.2) is 0 Å². The highest BCUT2D eigenvalue weighted by Crippen LogP contribution is 2.52. The van der Waals surface area contributed by atoms with Crippen LogP contribution in [0.4, 0.5) is 17.1 Å². The summed E-state index contributed by atoms with van der Waals surface area (Å²) in [5, 5.41) is 4.81.